The minimum absolute atomic E-state index is 0.0284. The van der Waals surface area contributed by atoms with Crippen LogP contribution in [0.5, 0.6) is 0 Å². The van der Waals surface area contributed by atoms with Gasteiger partial charge in [-0.1, -0.05) is 0 Å². The lowest BCUT2D eigenvalue weighted by Crippen LogP contribution is -2.42. The second-order valence-electron chi connectivity index (χ2n) is 9.94. The molecule has 4 rings (SSSR count). The summed E-state index contributed by atoms with van der Waals surface area (Å²) in [5, 5.41) is 6.30. The molecule has 3 aromatic rings. The third-order valence-electron chi connectivity index (χ3n) is 5.88. The van der Waals surface area contributed by atoms with Crippen molar-refractivity contribution in [1.82, 2.24) is 20.3 Å². The molecule has 35 heavy (non-hydrogen) atoms. The summed E-state index contributed by atoms with van der Waals surface area (Å²) in [4.78, 5) is 25.4. The van der Waals surface area contributed by atoms with Crippen LogP contribution in [0, 0.1) is 18.6 Å². The Bertz CT molecular complexity index is 1250. The number of nitrogen functional groups attached to an aromatic ring is 1. The van der Waals surface area contributed by atoms with Crippen LogP contribution in [0.1, 0.15) is 52.0 Å². The highest BCUT2D eigenvalue weighted by Crippen LogP contribution is 2.29. The van der Waals surface area contributed by atoms with Crippen LogP contribution < -0.4 is 16.4 Å². The molecule has 186 valence electrons. The normalized spacial score (nSPS) is 18.3. The maximum absolute atomic E-state index is 14.4. The van der Waals surface area contributed by atoms with Crippen LogP contribution in [0.2, 0.25) is 0 Å². The molecule has 2 heterocycles. The fraction of sp³-hybridized carbons (Fsp3) is 0.440. The Morgan fingerprint density at radius 3 is 2.43 bits per heavy atom. The molecule has 0 unspecified atom stereocenters. The summed E-state index contributed by atoms with van der Waals surface area (Å²) in [5.41, 5.74) is 6.85. The van der Waals surface area contributed by atoms with E-state index in [0.29, 0.717) is 17.0 Å². The second-order valence-corrected chi connectivity index (χ2v) is 9.94. The molecule has 4 N–H and O–H groups in total. The fourth-order valence-corrected chi connectivity index (χ4v) is 4.19. The maximum atomic E-state index is 14.4. The zero-order chi connectivity index (χ0) is 25.3. The van der Waals surface area contributed by atoms with Crippen molar-refractivity contribution in [3.63, 3.8) is 0 Å². The summed E-state index contributed by atoms with van der Waals surface area (Å²) in [6.07, 6.45) is 4.51. The molecule has 1 saturated carbocycles. The molecule has 0 atom stereocenters. The highest BCUT2D eigenvalue weighted by Gasteiger charge is 2.25. The number of nitrogens with zero attached hydrogens (tertiary/aromatic N) is 3. The summed E-state index contributed by atoms with van der Waals surface area (Å²) in [7, 11) is 0. The molecule has 1 amide bonds. The number of amides is 1. The van der Waals surface area contributed by atoms with E-state index >= 15 is 0 Å². The van der Waals surface area contributed by atoms with Gasteiger partial charge in [0.15, 0.2) is 0 Å². The largest absolute Gasteiger partial charge is 0.444 e. The first-order chi connectivity index (χ1) is 16.5. The monoisotopic (exact) mass is 484 g/mol. The van der Waals surface area contributed by atoms with Crippen molar-refractivity contribution in [2.45, 2.75) is 71.1 Å². The SMILES string of the molecule is Cc1cc(-c2cc(F)c(N)cc2F)nc2cnc(NC3CCC(NC(=O)OC(C)(C)C)CC3)nc12. The number of ether oxygens (including phenoxy) is 1. The molecule has 2 aromatic heterocycles. The summed E-state index contributed by atoms with van der Waals surface area (Å²) in [5.74, 6) is -0.873. The third kappa shape index (κ3) is 5.93. The van der Waals surface area contributed by atoms with Gasteiger partial charge in [-0.15, -0.1) is 0 Å². The predicted octanol–water partition coefficient (Wildman–Crippen LogP) is 5.11. The molecule has 1 aliphatic carbocycles. The number of pyridine rings is 1. The number of carbonyl (C=O) groups excluding carboxylic acids is 1. The van der Waals surface area contributed by atoms with Gasteiger partial charge in [-0.3, -0.25) is 0 Å². The Morgan fingerprint density at radius 1 is 1.06 bits per heavy atom. The molecular formula is C25H30F2N6O2. The van der Waals surface area contributed by atoms with E-state index < -0.39 is 23.3 Å². The summed E-state index contributed by atoms with van der Waals surface area (Å²) < 4.78 is 33.6. The standard InChI is InChI=1S/C25H30F2N6O2/c1-13-9-20(16-10-18(27)19(28)11-17(16)26)32-21-12-29-23(33-22(13)21)30-14-5-7-15(8-6-14)31-24(34)35-25(2,3)4/h9-12,14-15H,5-8,28H2,1-4H3,(H,31,34)(H,29,30,33). The number of hydrogen-bond donors (Lipinski definition) is 3. The van der Waals surface area contributed by atoms with E-state index in [1.807, 2.05) is 27.7 Å². The smallest absolute Gasteiger partial charge is 0.407 e. The zero-order valence-electron chi connectivity index (χ0n) is 20.3. The van der Waals surface area contributed by atoms with Crippen molar-refractivity contribution in [3.8, 4) is 11.3 Å². The van der Waals surface area contributed by atoms with Gasteiger partial charge in [0.05, 0.1) is 23.1 Å². The van der Waals surface area contributed by atoms with E-state index in [1.165, 1.54) is 0 Å². The Kier molecular flexibility index (Phi) is 6.73. The van der Waals surface area contributed by atoms with Crippen molar-refractivity contribution in [2.75, 3.05) is 11.1 Å². The van der Waals surface area contributed by atoms with E-state index in [4.69, 9.17) is 10.5 Å². The Balaban J connectivity index is 1.43. The highest BCUT2D eigenvalue weighted by molar-refractivity contribution is 5.82. The van der Waals surface area contributed by atoms with Gasteiger partial charge in [-0.2, -0.15) is 0 Å². The Hall–Kier alpha value is -3.56. The van der Waals surface area contributed by atoms with Gasteiger partial charge < -0.3 is 21.1 Å². The maximum Gasteiger partial charge on any atom is 0.407 e. The van der Waals surface area contributed by atoms with Crippen LogP contribution in [0.15, 0.2) is 24.4 Å². The van der Waals surface area contributed by atoms with E-state index in [-0.39, 0.29) is 29.0 Å². The number of carbonyl (C=O) groups is 1. The Labute approximate surface area is 202 Å². The molecule has 1 aromatic carbocycles. The lowest BCUT2D eigenvalue weighted by Gasteiger charge is -2.30. The van der Waals surface area contributed by atoms with Crippen LogP contribution in [0.4, 0.5) is 25.2 Å². The minimum atomic E-state index is -0.701. The topological polar surface area (TPSA) is 115 Å². The van der Waals surface area contributed by atoms with Gasteiger partial charge >= 0.3 is 6.09 Å². The van der Waals surface area contributed by atoms with Gasteiger partial charge in [0.1, 0.15) is 22.8 Å². The van der Waals surface area contributed by atoms with Crippen LogP contribution in [-0.4, -0.2) is 38.7 Å². The number of hydrogen-bond acceptors (Lipinski definition) is 7. The average Bonchev–Trinajstić information content (AvgIpc) is 2.76. The first kappa shape index (κ1) is 24.6. The fourth-order valence-electron chi connectivity index (χ4n) is 4.19. The van der Waals surface area contributed by atoms with Crippen molar-refractivity contribution >= 4 is 28.8 Å². The summed E-state index contributed by atoms with van der Waals surface area (Å²) in [6.45, 7) is 7.35. The van der Waals surface area contributed by atoms with E-state index in [2.05, 4.69) is 25.6 Å². The molecule has 0 spiro atoms. The molecule has 0 radical (unpaired) electrons. The van der Waals surface area contributed by atoms with Crippen molar-refractivity contribution < 1.29 is 18.3 Å². The van der Waals surface area contributed by atoms with Crippen LogP contribution in [0.25, 0.3) is 22.3 Å². The van der Waals surface area contributed by atoms with E-state index in [9.17, 15) is 13.6 Å². The number of benzene rings is 1. The zero-order valence-corrected chi connectivity index (χ0v) is 20.3. The third-order valence-corrected chi connectivity index (χ3v) is 5.88. The van der Waals surface area contributed by atoms with Gasteiger partial charge in [0.25, 0.3) is 0 Å². The molecule has 1 aliphatic rings. The number of fused-ring (bicyclic) bond motifs is 1. The second kappa shape index (κ2) is 9.59. The average molecular weight is 485 g/mol. The molecular weight excluding hydrogens is 454 g/mol. The summed E-state index contributed by atoms with van der Waals surface area (Å²) in [6, 6.07) is 3.91. The molecule has 0 saturated heterocycles. The number of alkyl carbamates (subject to hydrolysis) is 1. The number of anilines is 2. The molecule has 10 heteroatoms. The predicted molar refractivity (Wildman–Crippen MR) is 131 cm³/mol. The highest BCUT2D eigenvalue weighted by atomic mass is 19.1. The first-order valence-corrected chi connectivity index (χ1v) is 11.6. The Morgan fingerprint density at radius 2 is 1.74 bits per heavy atom. The van der Waals surface area contributed by atoms with Crippen molar-refractivity contribution in [2.24, 2.45) is 0 Å². The molecule has 0 aliphatic heterocycles. The van der Waals surface area contributed by atoms with Crippen LogP contribution in [0.3, 0.4) is 0 Å². The molecule has 1 fully saturated rings. The van der Waals surface area contributed by atoms with Gasteiger partial charge in [0, 0.05) is 23.7 Å². The number of aryl methyl sites for hydroxylation is 1. The summed E-state index contributed by atoms with van der Waals surface area (Å²) >= 11 is 0. The van der Waals surface area contributed by atoms with Crippen molar-refractivity contribution in [1.29, 1.82) is 0 Å². The van der Waals surface area contributed by atoms with Crippen LogP contribution in [-0.2, 0) is 4.74 Å². The lowest BCUT2D eigenvalue weighted by atomic mass is 9.91. The van der Waals surface area contributed by atoms with Crippen LogP contribution >= 0.6 is 0 Å². The first-order valence-electron chi connectivity index (χ1n) is 11.6. The van der Waals surface area contributed by atoms with Gasteiger partial charge in [0.2, 0.25) is 5.95 Å². The number of nitrogens with two attached hydrogens (primary N) is 1. The van der Waals surface area contributed by atoms with Gasteiger partial charge in [-0.05, 0) is 71.1 Å². The number of nitrogens with one attached hydrogen (secondary N) is 2. The molecule has 0 bridgehead atoms. The number of rotatable bonds is 4. The van der Waals surface area contributed by atoms with Gasteiger partial charge in [-0.25, -0.2) is 28.5 Å². The number of halogens is 2. The minimum Gasteiger partial charge on any atom is -0.444 e. The number of aromatic nitrogens is 3. The van der Waals surface area contributed by atoms with Crippen molar-refractivity contribution in [3.05, 3.63) is 41.6 Å². The van der Waals surface area contributed by atoms with E-state index in [0.717, 1.165) is 43.4 Å². The van der Waals surface area contributed by atoms with E-state index in [1.54, 1.807) is 12.3 Å². The molecule has 8 nitrogen and oxygen atoms in total. The lowest BCUT2D eigenvalue weighted by molar-refractivity contribution is 0.0492. The quantitative estimate of drug-likeness (QED) is 0.441.